The lowest BCUT2D eigenvalue weighted by Gasteiger charge is -2.31. The number of nitrogens with zero attached hydrogens (tertiary/aromatic N) is 6. The topological polar surface area (TPSA) is 61.0 Å². The summed E-state index contributed by atoms with van der Waals surface area (Å²) >= 11 is 0. The molecule has 0 aromatic carbocycles. The summed E-state index contributed by atoms with van der Waals surface area (Å²) in [5.74, 6) is 3.01. The van der Waals surface area contributed by atoms with Gasteiger partial charge < -0.3 is 13.9 Å². The maximum Gasteiger partial charge on any atom is 0.136 e. The van der Waals surface area contributed by atoms with Gasteiger partial charge in [0.15, 0.2) is 0 Å². The van der Waals surface area contributed by atoms with Crippen molar-refractivity contribution in [3.05, 3.63) is 29.9 Å². The van der Waals surface area contributed by atoms with Crippen molar-refractivity contribution in [3.63, 3.8) is 0 Å². The Bertz CT molecular complexity index is 701. The molecule has 2 aliphatic heterocycles. The summed E-state index contributed by atoms with van der Waals surface area (Å²) in [6.07, 6.45) is 11.2. The highest BCUT2D eigenvalue weighted by atomic mass is 16.5. The smallest absolute Gasteiger partial charge is 0.136 e. The molecule has 2 aliphatic rings. The lowest BCUT2D eigenvalue weighted by Crippen LogP contribution is -2.34. The molecular formula is C19H30N6O. The van der Waals surface area contributed by atoms with Crippen LogP contribution in [0.2, 0.25) is 0 Å². The summed E-state index contributed by atoms with van der Waals surface area (Å²) in [5.41, 5.74) is 1.27. The largest absolute Gasteiger partial charge is 0.383 e. The average Bonchev–Trinajstić information content (AvgIpc) is 3.21. The zero-order valence-corrected chi connectivity index (χ0v) is 15.8. The van der Waals surface area contributed by atoms with Gasteiger partial charge in [-0.05, 0) is 38.8 Å². The Kier molecular flexibility index (Phi) is 5.65. The van der Waals surface area contributed by atoms with E-state index in [9.17, 15) is 0 Å². The van der Waals surface area contributed by atoms with Crippen LogP contribution in [0.3, 0.4) is 0 Å². The molecule has 142 valence electrons. The van der Waals surface area contributed by atoms with E-state index in [0.717, 1.165) is 45.8 Å². The molecule has 2 aromatic rings. The Morgan fingerprint density at radius 2 is 2.00 bits per heavy atom. The predicted octanol–water partition coefficient (Wildman–Crippen LogP) is 2.23. The maximum absolute atomic E-state index is 5.19. The van der Waals surface area contributed by atoms with Crippen molar-refractivity contribution in [2.45, 2.75) is 64.1 Å². The Hall–Kier alpha value is -1.73. The molecule has 7 heteroatoms. The summed E-state index contributed by atoms with van der Waals surface area (Å²) in [7, 11) is 1.74. The normalized spacial score (nSPS) is 19.4. The molecule has 1 fully saturated rings. The zero-order chi connectivity index (χ0) is 17.8. The number of rotatable bonds is 6. The van der Waals surface area contributed by atoms with Gasteiger partial charge in [-0.25, -0.2) is 4.98 Å². The van der Waals surface area contributed by atoms with Gasteiger partial charge in [-0.3, -0.25) is 4.90 Å². The van der Waals surface area contributed by atoms with Crippen LogP contribution in [-0.4, -0.2) is 56.0 Å². The van der Waals surface area contributed by atoms with Crippen molar-refractivity contribution >= 4 is 0 Å². The number of hydrogen-bond donors (Lipinski definition) is 0. The van der Waals surface area contributed by atoms with Crippen molar-refractivity contribution in [1.29, 1.82) is 0 Å². The molecule has 0 amide bonds. The first-order valence-corrected chi connectivity index (χ1v) is 9.97. The molecule has 1 saturated heterocycles. The number of ether oxygens (including phenoxy) is 1. The summed E-state index contributed by atoms with van der Waals surface area (Å²) in [6.45, 7) is 5.90. The van der Waals surface area contributed by atoms with Crippen LogP contribution in [0.25, 0.3) is 0 Å². The molecule has 0 N–H and O–H groups in total. The van der Waals surface area contributed by atoms with Crippen LogP contribution in [0, 0.1) is 0 Å². The SMILES string of the molecule is COCCn1cncc1CN1CCC(c2nnc3n2CCCCC3)CC1. The first-order chi connectivity index (χ1) is 12.8. The lowest BCUT2D eigenvalue weighted by molar-refractivity contribution is 0.178. The summed E-state index contributed by atoms with van der Waals surface area (Å²) in [6, 6.07) is 0. The third-order valence-corrected chi connectivity index (χ3v) is 5.81. The lowest BCUT2D eigenvalue weighted by atomic mass is 9.95. The number of imidazole rings is 1. The highest BCUT2D eigenvalue weighted by molar-refractivity contribution is 5.06. The third-order valence-electron chi connectivity index (χ3n) is 5.81. The van der Waals surface area contributed by atoms with E-state index in [1.807, 2.05) is 12.5 Å². The van der Waals surface area contributed by atoms with Crippen molar-refractivity contribution in [3.8, 4) is 0 Å². The van der Waals surface area contributed by atoms with Gasteiger partial charge in [0.05, 0.1) is 18.6 Å². The molecule has 26 heavy (non-hydrogen) atoms. The number of hydrogen-bond acceptors (Lipinski definition) is 5. The second kappa shape index (κ2) is 8.31. The van der Waals surface area contributed by atoms with E-state index in [1.54, 1.807) is 7.11 Å². The highest BCUT2D eigenvalue weighted by Crippen LogP contribution is 2.29. The monoisotopic (exact) mass is 358 g/mol. The first-order valence-electron chi connectivity index (χ1n) is 9.97. The van der Waals surface area contributed by atoms with E-state index in [0.29, 0.717) is 5.92 Å². The molecule has 0 spiro atoms. The molecule has 0 radical (unpaired) electrons. The van der Waals surface area contributed by atoms with Crippen LogP contribution >= 0.6 is 0 Å². The minimum Gasteiger partial charge on any atom is -0.383 e. The second-order valence-electron chi connectivity index (χ2n) is 7.56. The van der Waals surface area contributed by atoms with Gasteiger partial charge in [0.1, 0.15) is 11.6 Å². The first kappa shape index (κ1) is 17.7. The molecule has 4 heterocycles. The van der Waals surface area contributed by atoms with E-state index in [-0.39, 0.29) is 0 Å². The molecule has 7 nitrogen and oxygen atoms in total. The van der Waals surface area contributed by atoms with Crippen LogP contribution in [0.1, 0.15) is 55.4 Å². The zero-order valence-electron chi connectivity index (χ0n) is 15.8. The van der Waals surface area contributed by atoms with E-state index >= 15 is 0 Å². The Morgan fingerprint density at radius 3 is 2.85 bits per heavy atom. The molecule has 0 aliphatic carbocycles. The average molecular weight is 358 g/mol. The fourth-order valence-electron chi connectivity index (χ4n) is 4.26. The van der Waals surface area contributed by atoms with Crippen LogP contribution in [-0.2, 0) is 30.8 Å². The maximum atomic E-state index is 5.19. The van der Waals surface area contributed by atoms with Gasteiger partial charge in [0, 0.05) is 45.3 Å². The fraction of sp³-hybridized carbons (Fsp3) is 0.737. The molecule has 2 aromatic heterocycles. The van der Waals surface area contributed by atoms with Gasteiger partial charge in [-0.1, -0.05) is 6.42 Å². The number of piperidine rings is 1. The number of likely N-dealkylation sites (tertiary alicyclic amines) is 1. The van der Waals surface area contributed by atoms with Crippen molar-refractivity contribution in [2.75, 3.05) is 26.8 Å². The summed E-state index contributed by atoms with van der Waals surface area (Å²) < 4.78 is 9.82. The molecule has 0 saturated carbocycles. The van der Waals surface area contributed by atoms with Gasteiger partial charge in [0.2, 0.25) is 0 Å². The molecule has 4 rings (SSSR count). The van der Waals surface area contributed by atoms with E-state index in [4.69, 9.17) is 4.74 Å². The van der Waals surface area contributed by atoms with Gasteiger partial charge in [-0.2, -0.15) is 0 Å². The molecule has 0 atom stereocenters. The highest BCUT2D eigenvalue weighted by Gasteiger charge is 2.27. The number of aryl methyl sites for hydroxylation is 1. The number of methoxy groups -OCH3 is 1. The van der Waals surface area contributed by atoms with Crippen LogP contribution in [0.15, 0.2) is 12.5 Å². The van der Waals surface area contributed by atoms with Gasteiger partial charge >= 0.3 is 0 Å². The number of aromatic nitrogens is 5. The Labute approximate surface area is 155 Å². The minimum absolute atomic E-state index is 0.559. The van der Waals surface area contributed by atoms with Crippen molar-refractivity contribution in [1.82, 2.24) is 29.2 Å². The van der Waals surface area contributed by atoms with Crippen LogP contribution in [0.4, 0.5) is 0 Å². The summed E-state index contributed by atoms with van der Waals surface area (Å²) in [4.78, 5) is 6.85. The molecule has 0 unspecified atom stereocenters. The quantitative estimate of drug-likeness (QED) is 0.792. The van der Waals surface area contributed by atoms with E-state index < -0.39 is 0 Å². The van der Waals surface area contributed by atoms with Gasteiger partial charge in [-0.15, -0.1) is 10.2 Å². The standard InChI is InChI=1S/C19H30N6O/c1-26-12-11-24-15-20-13-17(24)14-23-9-6-16(7-10-23)19-22-21-18-5-3-2-4-8-25(18)19/h13,15-16H,2-12,14H2,1H3. The predicted molar refractivity (Wildman–Crippen MR) is 98.9 cm³/mol. The Balaban J connectivity index is 1.35. The van der Waals surface area contributed by atoms with E-state index in [1.165, 1.54) is 49.4 Å². The van der Waals surface area contributed by atoms with Crippen LogP contribution < -0.4 is 0 Å². The molecule has 0 bridgehead atoms. The van der Waals surface area contributed by atoms with E-state index in [2.05, 4.69) is 29.2 Å². The minimum atomic E-state index is 0.559. The third kappa shape index (κ3) is 3.83. The Morgan fingerprint density at radius 1 is 1.12 bits per heavy atom. The van der Waals surface area contributed by atoms with Gasteiger partial charge in [0.25, 0.3) is 0 Å². The van der Waals surface area contributed by atoms with Crippen molar-refractivity contribution in [2.24, 2.45) is 0 Å². The van der Waals surface area contributed by atoms with Crippen LogP contribution in [0.5, 0.6) is 0 Å². The number of fused-ring (bicyclic) bond motifs is 1. The second-order valence-corrected chi connectivity index (χ2v) is 7.56. The molecular weight excluding hydrogens is 328 g/mol. The summed E-state index contributed by atoms with van der Waals surface area (Å²) in [5, 5.41) is 9.07. The van der Waals surface area contributed by atoms with Crippen molar-refractivity contribution < 1.29 is 4.74 Å². The fourth-order valence-corrected chi connectivity index (χ4v) is 4.26.